The SMILES string of the molecule is Cc1cccc(Cc2cccc(C(=N)N)c2)c1. The monoisotopic (exact) mass is 224 g/mol. The van der Waals surface area contributed by atoms with Crippen molar-refractivity contribution in [3.63, 3.8) is 0 Å². The Bertz CT molecular complexity index is 544. The van der Waals surface area contributed by atoms with Crippen LogP contribution >= 0.6 is 0 Å². The fourth-order valence-electron chi connectivity index (χ4n) is 1.91. The van der Waals surface area contributed by atoms with Crippen LogP contribution in [0, 0.1) is 12.3 Å². The standard InChI is InChI=1S/C15H16N2/c1-11-4-2-5-12(8-11)9-13-6-3-7-14(10-13)15(16)17/h2-8,10H,9H2,1H3,(H3,16,17). The first-order valence-electron chi connectivity index (χ1n) is 5.64. The average Bonchev–Trinajstić information content (AvgIpc) is 2.29. The molecule has 0 radical (unpaired) electrons. The Morgan fingerprint density at radius 1 is 1.06 bits per heavy atom. The van der Waals surface area contributed by atoms with Gasteiger partial charge in [0.2, 0.25) is 0 Å². The summed E-state index contributed by atoms with van der Waals surface area (Å²) in [5, 5.41) is 7.42. The summed E-state index contributed by atoms with van der Waals surface area (Å²) >= 11 is 0. The molecule has 0 aliphatic rings. The lowest BCUT2D eigenvalue weighted by Gasteiger charge is -2.05. The summed E-state index contributed by atoms with van der Waals surface area (Å²) in [6, 6.07) is 16.3. The van der Waals surface area contributed by atoms with Crippen molar-refractivity contribution in [1.82, 2.24) is 0 Å². The molecule has 0 saturated carbocycles. The first-order valence-corrected chi connectivity index (χ1v) is 5.64. The highest BCUT2D eigenvalue weighted by Crippen LogP contribution is 2.12. The summed E-state index contributed by atoms with van der Waals surface area (Å²) in [6.45, 7) is 2.09. The molecule has 2 aromatic carbocycles. The van der Waals surface area contributed by atoms with Crippen LogP contribution in [0.4, 0.5) is 0 Å². The molecule has 86 valence electrons. The zero-order valence-corrected chi connectivity index (χ0v) is 9.90. The summed E-state index contributed by atoms with van der Waals surface area (Å²) in [4.78, 5) is 0. The van der Waals surface area contributed by atoms with E-state index in [1.807, 2.05) is 18.2 Å². The summed E-state index contributed by atoms with van der Waals surface area (Å²) in [6.07, 6.45) is 0.878. The molecule has 0 unspecified atom stereocenters. The molecule has 3 N–H and O–H groups in total. The van der Waals surface area contributed by atoms with Crippen LogP contribution in [0.2, 0.25) is 0 Å². The van der Waals surface area contributed by atoms with Gasteiger partial charge in [0.05, 0.1) is 0 Å². The topological polar surface area (TPSA) is 49.9 Å². The smallest absolute Gasteiger partial charge is 0.122 e. The molecule has 0 saturated heterocycles. The van der Waals surface area contributed by atoms with Crippen LogP contribution in [0.15, 0.2) is 48.5 Å². The van der Waals surface area contributed by atoms with Crippen LogP contribution in [-0.4, -0.2) is 5.84 Å². The van der Waals surface area contributed by atoms with Crippen molar-refractivity contribution >= 4 is 5.84 Å². The molecule has 0 atom stereocenters. The average molecular weight is 224 g/mol. The second kappa shape index (κ2) is 4.83. The number of aryl methyl sites for hydroxylation is 1. The largest absolute Gasteiger partial charge is 0.384 e. The minimum Gasteiger partial charge on any atom is -0.384 e. The summed E-state index contributed by atoms with van der Waals surface area (Å²) in [7, 11) is 0. The quantitative estimate of drug-likeness (QED) is 0.611. The van der Waals surface area contributed by atoms with Crippen LogP contribution < -0.4 is 5.73 Å². The molecule has 2 rings (SSSR count). The van der Waals surface area contributed by atoms with E-state index < -0.39 is 0 Å². The third-order valence-corrected chi connectivity index (χ3v) is 2.73. The van der Waals surface area contributed by atoms with Gasteiger partial charge in [-0.3, -0.25) is 5.41 Å². The molecule has 0 amide bonds. The number of nitrogens with two attached hydrogens (primary N) is 1. The Labute approximate surface area is 102 Å². The first-order chi connectivity index (χ1) is 8.15. The van der Waals surface area contributed by atoms with Crippen LogP contribution in [0.1, 0.15) is 22.3 Å². The van der Waals surface area contributed by atoms with Crippen molar-refractivity contribution in [3.05, 3.63) is 70.8 Å². The van der Waals surface area contributed by atoms with Crippen molar-refractivity contribution in [2.24, 2.45) is 5.73 Å². The van der Waals surface area contributed by atoms with Crippen LogP contribution in [0.5, 0.6) is 0 Å². The summed E-state index contributed by atoms with van der Waals surface area (Å²) < 4.78 is 0. The summed E-state index contributed by atoms with van der Waals surface area (Å²) in [5.41, 5.74) is 10.0. The van der Waals surface area contributed by atoms with Gasteiger partial charge in [0, 0.05) is 5.56 Å². The number of nitrogens with one attached hydrogen (secondary N) is 1. The fraction of sp³-hybridized carbons (Fsp3) is 0.133. The lowest BCUT2D eigenvalue weighted by atomic mass is 10.0. The molecule has 0 aliphatic heterocycles. The van der Waals surface area contributed by atoms with Gasteiger partial charge >= 0.3 is 0 Å². The highest BCUT2D eigenvalue weighted by molar-refractivity contribution is 5.95. The van der Waals surface area contributed by atoms with Gasteiger partial charge in [0.25, 0.3) is 0 Å². The van der Waals surface area contributed by atoms with E-state index in [1.54, 1.807) is 0 Å². The second-order valence-corrected chi connectivity index (χ2v) is 4.28. The van der Waals surface area contributed by atoms with E-state index in [4.69, 9.17) is 11.1 Å². The minimum absolute atomic E-state index is 0.121. The van der Waals surface area contributed by atoms with Gasteiger partial charge < -0.3 is 5.73 Å². The van der Waals surface area contributed by atoms with E-state index in [-0.39, 0.29) is 5.84 Å². The van der Waals surface area contributed by atoms with E-state index in [0.717, 1.165) is 12.0 Å². The Balaban J connectivity index is 2.24. The summed E-state index contributed by atoms with van der Waals surface area (Å²) in [5.74, 6) is 0.121. The predicted octanol–water partition coefficient (Wildman–Crippen LogP) is 2.87. The first kappa shape index (κ1) is 11.4. The van der Waals surface area contributed by atoms with Crippen molar-refractivity contribution in [2.45, 2.75) is 13.3 Å². The number of nitrogen functional groups attached to an aromatic ring is 1. The predicted molar refractivity (Wildman–Crippen MR) is 71.4 cm³/mol. The van der Waals surface area contributed by atoms with E-state index in [9.17, 15) is 0 Å². The number of hydrogen-bond acceptors (Lipinski definition) is 1. The molecule has 0 bridgehead atoms. The number of amidine groups is 1. The highest BCUT2D eigenvalue weighted by Gasteiger charge is 2.00. The van der Waals surface area contributed by atoms with Crippen molar-refractivity contribution in [2.75, 3.05) is 0 Å². The van der Waals surface area contributed by atoms with Gasteiger partial charge in [-0.25, -0.2) is 0 Å². The van der Waals surface area contributed by atoms with Gasteiger partial charge in [-0.1, -0.05) is 48.0 Å². The fourth-order valence-corrected chi connectivity index (χ4v) is 1.91. The van der Waals surface area contributed by atoms with E-state index >= 15 is 0 Å². The molecular weight excluding hydrogens is 208 g/mol. The van der Waals surface area contributed by atoms with Gasteiger partial charge in [-0.05, 0) is 30.5 Å². The molecule has 0 fully saturated rings. The van der Waals surface area contributed by atoms with Crippen molar-refractivity contribution < 1.29 is 0 Å². The normalized spacial score (nSPS) is 10.2. The molecule has 0 aliphatic carbocycles. The molecular formula is C15H16N2. The van der Waals surface area contributed by atoms with Crippen molar-refractivity contribution in [3.8, 4) is 0 Å². The lowest BCUT2D eigenvalue weighted by Crippen LogP contribution is -2.11. The highest BCUT2D eigenvalue weighted by atomic mass is 14.7. The Morgan fingerprint density at radius 2 is 1.71 bits per heavy atom. The van der Waals surface area contributed by atoms with Gasteiger partial charge in [0.15, 0.2) is 0 Å². The Kier molecular flexibility index (Phi) is 3.24. The van der Waals surface area contributed by atoms with Gasteiger partial charge in [-0.2, -0.15) is 0 Å². The van der Waals surface area contributed by atoms with E-state index in [2.05, 4.69) is 37.3 Å². The van der Waals surface area contributed by atoms with Crippen LogP contribution in [-0.2, 0) is 6.42 Å². The Morgan fingerprint density at radius 3 is 2.35 bits per heavy atom. The second-order valence-electron chi connectivity index (χ2n) is 4.28. The molecule has 0 aromatic heterocycles. The van der Waals surface area contributed by atoms with Crippen LogP contribution in [0.25, 0.3) is 0 Å². The zero-order chi connectivity index (χ0) is 12.3. The van der Waals surface area contributed by atoms with Gasteiger partial charge in [0.1, 0.15) is 5.84 Å². The maximum atomic E-state index is 7.42. The van der Waals surface area contributed by atoms with E-state index in [1.165, 1.54) is 16.7 Å². The molecule has 17 heavy (non-hydrogen) atoms. The lowest BCUT2D eigenvalue weighted by molar-refractivity contribution is 1.18. The molecule has 0 heterocycles. The van der Waals surface area contributed by atoms with Crippen LogP contribution in [0.3, 0.4) is 0 Å². The molecule has 2 heteroatoms. The zero-order valence-electron chi connectivity index (χ0n) is 9.90. The van der Waals surface area contributed by atoms with Gasteiger partial charge in [-0.15, -0.1) is 0 Å². The van der Waals surface area contributed by atoms with E-state index in [0.29, 0.717) is 0 Å². The number of benzene rings is 2. The number of hydrogen-bond donors (Lipinski definition) is 2. The third-order valence-electron chi connectivity index (χ3n) is 2.73. The maximum Gasteiger partial charge on any atom is 0.122 e. The van der Waals surface area contributed by atoms with Crippen molar-refractivity contribution in [1.29, 1.82) is 5.41 Å². The number of rotatable bonds is 3. The molecule has 2 aromatic rings. The molecule has 0 spiro atoms. The minimum atomic E-state index is 0.121. The molecule has 2 nitrogen and oxygen atoms in total. The Hall–Kier alpha value is -2.09. The third kappa shape index (κ3) is 2.94. The maximum absolute atomic E-state index is 7.42.